The third kappa shape index (κ3) is 8.04. The Labute approximate surface area is 176 Å². The fourth-order valence-electron chi connectivity index (χ4n) is 3.40. The van der Waals surface area contributed by atoms with Gasteiger partial charge in [0.05, 0.1) is 32.5 Å². The normalized spacial score (nSPS) is 14.4. The molecule has 0 bridgehead atoms. The van der Waals surface area contributed by atoms with Crippen LogP contribution in [0.4, 0.5) is 0 Å². The molecule has 2 rings (SSSR count). The fraction of sp³-hybridized carbons (Fsp3) is 0.462. The first-order valence-electron chi connectivity index (χ1n) is 10.6. The zero-order chi connectivity index (χ0) is 21.1. The van der Waals surface area contributed by atoms with Crippen molar-refractivity contribution in [3.05, 3.63) is 78.4 Å². The van der Waals surface area contributed by atoms with Gasteiger partial charge in [0.25, 0.3) is 0 Å². The summed E-state index contributed by atoms with van der Waals surface area (Å²) in [4.78, 5) is 0. The summed E-state index contributed by atoms with van der Waals surface area (Å²) >= 11 is 0. The lowest BCUT2D eigenvalue weighted by molar-refractivity contribution is -0.0552. The van der Waals surface area contributed by atoms with Gasteiger partial charge in [0.15, 0.2) is 0 Å². The summed E-state index contributed by atoms with van der Waals surface area (Å²) in [6.45, 7) is 11.9. The van der Waals surface area contributed by atoms with Crippen LogP contribution in [0, 0.1) is 11.8 Å². The van der Waals surface area contributed by atoms with E-state index in [-0.39, 0.29) is 18.1 Å². The molecule has 0 saturated carbocycles. The highest BCUT2D eigenvalue weighted by molar-refractivity contribution is 5.26. The van der Waals surface area contributed by atoms with Gasteiger partial charge in [-0.1, -0.05) is 68.8 Å². The molecule has 0 amide bonds. The molecule has 2 aromatic rings. The molecule has 0 aliphatic rings. The minimum Gasteiger partial charge on any atom is -0.497 e. The molecule has 3 nitrogen and oxygen atoms in total. The van der Waals surface area contributed by atoms with Crippen LogP contribution < -0.4 is 4.74 Å². The molecule has 0 heterocycles. The van der Waals surface area contributed by atoms with E-state index < -0.39 is 0 Å². The first kappa shape index (κ1) is 23.2. The lowest BCUT2D eigenvalue weighted by Gasteiger charge is -2.31. The summed E-state index contributed by atoms with van der Waals surface area (Å²) in [7, 11) is 1.68. The highest BCUT2D eigenvalue weighted by atomic mass is 16.5. The Hall–Kier alpha value is -2.10. The van der Waals surface area contributed by atoms with Gasteiger partial charge in [0, 0.05) is 5.92 Å². The summed E-state index contributed by atoms with van der Waals surface area (Å²) in [6.07, 6.45) is 4.14. The molecule has 0 spiro atoms. The maximum Gasteiger partial charge on any atom is 0.118 e. The summed E-state index contributed by atoms with van der Waals surface area (Å²) in [5.74, 6) is 1.76. The predicted molar refractivity (Wildman–Crippen MR) is 120 cm³/mol. The van der Waals surface area contributed by atoms with Crippen LogP contribution in [0.1, 0.15) is 44.7 Å². The molecule has 0 unspecified atom stereocenters. The molecule has 3 heteroatoms. The van der Waals surface area contributed by atoms with E-state index in [4.69, 9.17) is 14.2 Å². The second-order valence-electron chi connectivity index (χ2n) is 8.00. The fourth-order valence-corrected chi connectivity index (χ4v) is 3.40. The Morgan fingerprint density at radius 1 is 0.828 bits per heavy atom. The van der Waals surface area contributed by atoms with Crippen molar-refractivity contribution in [3.63, 3.8) is 0 Å². The average molecular weight is 397 g/mol. The second kappa shape index (κ2) is 12.5. The predicted octanol–water partition coefficient (Wildman–Crippen LogP) is 6.42. The van der Waals surface area contributed by atoms with Crippen molar-refractivity contribution in [2.24, 2.45) is 11.8 Å². The minimum absolute atomic E-state index is 0.0418. The van der Waals surface area contributed by atoms with Crippen molar-refractivity contribution < 1.29 is 14.2 Å². The highest BCUT2D eigenvalue weighted by Gasteiger charge is 2.26. The topological polar surface area (TPSA) is 27.7 Å². The molecule has 0 aromatic heterocycles. The molecule has 0 saturated heterocycles. The van der Waals surface area contributed by atoms with Crippen LogP contribution in [-0.4, -0.2) is 19.3 Å². The Morgan fingerprint density at radius 3 is 2.03 bits per heavy atom. The van der Waals surface area contributed by atoms with Gasteiger partial charge in [-0.3, -0.25) is 0 Å². The number of hydrogen-bond donors (Lipinski definition) is 0. The van der Waals surface area contributed by atoms with Gasteiger partial charge in [-0.25, -0.2) is 0 Å². The van der Waals surface area contributed by atoms with Gasteiger partial charge in [0.1, 0.15) is 5.75 Å². The van der Waals surface area contributed by atoms with Crippen molar-refractivity contribution in [1.82, 2.24) is 0 Å². The smallest absolute Gasteiger partial charge is 0.118 e. The standard InChI is InChI=1S/C26H36O3/c1-6-26(29-19-22-10-8-7-9-11-22)25(17-12-20(2)3)21(4)28-18-23-13-15-24(27-5)16-14-23/h6-11,13-16,20-21,25-26H,1,12,17-19H2,2-5H3/t21-,25+,26-/m0/s1. The summed E-state index contributed by atoms with van der Waals surface area (Å²) in [5.41, 5.74) is 2.31. The van der Waals surface area contributed by atoms with Crippen molar-refractivity contribution in [1.29, 1.82) is 0 Å². The Kier molecular flexibility index (Phi) is 9.96. The molecule has 2 aromatic carbocycles. The highest BCUT2D eigenvalue weighted by Crippen LogP contribution is 2.26. The summed E-state index contributed by atoms with van der Waals surface area (Å²) in [5, 5.41) is 0. The van der Waals surface area contributed by atoms with Crippen molar-refractivity contribution in [2.45, 2.75) is 59.0 Å². The van der Waals surface area contributed by atoms with Gasteiger partial charge in [-0.15, -0.1) is 6.58 Å². The molecule has 158 valence electrons. The molecule has 0 fully saturated rings. The van der Waals surface area contributed by atoms with Crippen molar-refractivity contribution in [3.8, 4) is 5.75 Å². The van der Waals surface area contributed by atoms with Crippen LogP contribution >= 0.6 is 0 Å². The number of rotatable bonds is 13. The molecule has 0 N–H and O–H groups in total. The van der Waals surface area contributed by atoms with Gasteiger partial charge < -0.3 is 14.2 Å². The Balaban J connectivity index is 1.99. The number of hydrogen-bond acceptors (Lipinski definition) is 3. The summed E-state index contributed by atoms with van der Waals surface area (Å²) < 4.78 is 17.8. The van der Waals surface area contributed by atoms with E-state index >= 15 is 0 Å². The van der Waals surface area contributed by atoms with E-state index in [1.807, 2.05) is 48.5 Å². The zero-order valence-electron chi connectivity index (χ0n) is 18.3. The number of methoxy groups -OCH3 is 1. The van der Waals surface area contributed by atoms with Gasteiger partial charge in [-0.05, 0) is 42.5 Å². The Morgan fingerprint density at radius 2 is 1.45 bits per heavy atom. The van der Waals surface area contributed by atoms with Crippen LogP contribution in [0.15, 0.2) is 67.3 Å². The van der Waals surface area contributed by atoms with Crippen molar-refractivity contribution in [2.75, 3.05) is 7.11 Å². The molecule has 0 aliphatic heterocycles. The minimum atomic E-state index is -0.0418. The molecular weight excluding hydrogens is 360 g/mol. The van der Waals surface area contributed by atoms with Gasteiger partial charge >= 0.3 is 0 Å². The lowest BCUT2D eigenvalue weighted by atomic mass is 9.88. The number of ether oxygens (including phenoxy) is 3. The quantitative estimate of drug-likeness (QED) is 0.365. The van der Waals surface area contributed by atoms with Crippen LogP contribution in [0.25, 0.3) is 0 Å². The largest absolute Gasteiger partial charge is 0.497 e. The van der Waals surface area contributed by atoms with Crippen molar-refractivity contribution >= 4 is 0 Å². The van der Waals surface area contributed by atoms with Crippen LogP contribution in [-0.2, 0) is 22.7 Å². The second-order valence-corrected chi connectivity index (χ2v) is 8.00. The van der Waals surface area contributed by atoms with E-state index in [9.17, 15) is 0 Å². The van der Waals surface area contributed by atoms with Gasteiger partial charge in [-0.2, -0.15) is 0 Å². The molecule has 0 radical (unpaired) electrons. The molecular formula is C26H36O3. The first-order valence-corrected chi connectivity index (χ1v) is 10.6. The lowest BCUT2D eigenvalue weighted by Crippen LogP contribution is -2.33. The van der Waals surface area contributed by atoms with E-state index in [1.54, 1.807) is 7.11 Å². The summed E-state index contributed by atoms with van der Waals surface area (Å²) in [6, 6.07) is 18.3. The maximum atomic E-state index is 6.26. The third-order valence-electron chi connectivity index (χ3n) is 5.29. The maximum absolute atomic E-state index is 6.26. The van der Waals surface area contributed by atoms with Crippen LogP contribution in [0.5, 0.6) is 5.75 Å². The average Bonchev–Trinajstić information content (AvgIpc) is 2.75. The monoisotopic (exact) mass is 396 g/mol. The third-order valence-corrected chi connectivity index (χ3v) is 5.29. The van der Waals surface area contributed by atoms with E-state index in [2.05, 4.69) is 39.5 Å². The molecule has 3 atom stereocenters. The van der Waals surface area contributed by atoms with E-state index in [0.29, 0.717) is 19.1 Å². The zero-order valence-corrected chi connectivity index (χ0v) is 18.3. The van der Waals surface area contributed by atoms with Crippen LogP contribution in [0.2, 0.25) is 0 Å². The number of benzene rings is 2. The molecule has 29 heavy (non-hydrogen) atoms. The van der Waals surface area contributed by atoms with E-state index in [1.165, 1.54) is 5.56 Å². The SMILES string of the molecule is C=C[C@H](OCc1ccccc1)[C@H](CCC(C)C)[C@H](C)OCc1ccc(OC)cc1. The van der Waals surface area contributed by atoms with E-state index in [0.717, 1.165) is 24.2 Å². The van der Waals surface area contributed by atoms with Gasteiger partial charge in [0.2, 0.25) is 0 Å². The Bertz CT molecular complexity index is 694. The molecule has 0 aliphatic carbocycles. The first-order chi connectivity index (χ1) is 14.0. The van der Waals surface area contributed by atoms with Crippen LogP contribution in [0.3, 0.4) is 0 Å².